The lowest BCUT2D eigenvalue weighted by Gasteiger charge is -2.28. The first-order valence-corrected chi connectivity index (χ1v) is 4.43. The Labute approximate surface area is 73.2 Å². The van der Waals surface area contributed by atoms with E-state index in [0.29, 0.717) is 25.3 Å². The first-order valence-electron chi connectivity index (χ1n) is 4.43. The van der Waals surface area contributed by atoms with Crippen LogP contribution in [0.4, 0.5) is 0 Å². The van der Waals surface area contributed by atoms with E-state index in [1.54, 1.807) is 6.92 Å². The molecule has 1 atom stereocenters. The van der Waals surface area contributed by atoms with Crippen molar-refractivity contribution in [3.63, 3.8) is 0 Å². The van der Waals surface area contributed by atoms with Gasteiger partial charge in [-0.2, -0.15) is 0 Å². The monoisotopic (exact) mass is 171 g/mol. The van der Waals surface area contributed by atoms with Gasteiger partial charge in [0.05, 0.1) is 6.61 Å². The van der Waals surface area contributed by atoms with E-state index in [4.69, 9.17) is 10.5 Å². The molecule has 0 bridgehead atoms. The average molecular weight is 171 g/mol. The van der Waals surface area contributed by atoms with Crippen molar-refractivity contribution in [1.82, 2.24) is 0 Å². The SMILES string of the molecule is CC(O)(CCN)C1=CCCCO1. The van der Waals surface area contributed by atoms with Crippen molar-refractivity contribution in [2.24, 2.45) is 5.73 Å². The van der Waals surface area contributed by atoms with Crippen LogP contribution in [0.2, 0.25) is 0 Å². The van der Waals surface area contributed by atoms with Crippen molar-refractivity contribution in [3.05, 3.63) is 11.8 Å². The third kappa shape index (κ3) is 2.22. The van der Waals surface area contributed by atoms with E-state index >= 15 is 0 Å². The molecule has 1 heterocycles. The maximum absolute atomic E-state index is 9.87. The molecular formula is C9H17NO2. The molecule has 0 saturated heterocycles. The molecule has 70 valence electrons. The summed E-state index contributed by atoms with van der Waals surface area (Å²) in [5, 5.41) is 9.87. The summed E-state index contributed by atoms with van der Waals surface area (Å²) in [6.45, 7) is 2.94. The lowest BCUT2D eigenvalue weighted by Crippen LogP contribution is -2.32. The van der Waals surface area contributed by atoms with E-state index in [0.717, 1.165) is 12.8 Å². The molecule has 3 N–H and O–H groups in total. The molecular weight excluding hydrogens is 154 g/mol. The summed E-state index contributed by atoms with van der Waals surface area (Å²) in [4.78, 5) is 0. The zero-order valence-corrected chi connectivity index (χ0v) is 7.55. The van der Waals surface area contributed by atoms with Crippen molar-refractivity contribution < 1.29 is 9.84 Å². The van der Waals surface area contributed by atoms with Crippen LogP contribution in [0, 0.1) is 0 Å². The lowest BCUT2D eigenvalue weighted by atomic mass is 9.97. The number of aliphatic hydroxyl groups is 1. The molecule has 0 aromatic heterocycles. The minimum absolute atomic E-state index is 0.480. The van der Waals surface area contributed by atoms with E-state index < -0.39 is 5.60 Å². The van der Waals surface area contributed by atoms with Crippen LogP contribution in [-0.4, -0.2) is 23.9 Å². The van der Waals surface area contributed by atoms with Crippen LogP contribution in [0.25, 0.3) is 0 Å². The first kappa shape index (κ1) is 9.55. The van der Waals surface area contributed by atoms with Crippen LogP contribution < -0.4 is 5.73 Å². The van der Waals surface area contributed by atoms with Gasteiger partial charge in [-0.05, 0) is 38.8 Å². The summed E-state index contributed by atoms with van der Waals surface area (Å²) in [7, 11) is 0. The molecule has 0 saturated carbocycles. The molecule has 3 nitrogen and oxygen atoms in total. The Balaban J connectivity index is 2.59. The van der Waals surface area contributed by atoms with Crippen molar-refractivity contribution >= 4 is 0 Å². The average Bonchev–Trinajstić information content (AvgIpc) is 2.06. The van der Waals surface area contributed by atoms with Gasteiger partial charge in [-0.15, -0.1) is 0 Å². The zero-order valence-electron chi connectivity index (χ0n) is 7.55. The minimum atomic E-state index is -0.866. The van der Waals surface area contributed by atoms with Crippen LogP contribution in [0.5, 0.6) is 0 Å². The van der Waals surface area contributed by atoms with Crippen molar-refractivity contribution in [2.45, 2.75) is 31.8 Å². The molecule has 1 aliphatic heterocycles. The summed E-state index contributed by atoms with van der Waals surface area (Å²) in [6, 6.07) is 0. The van der Waals surface area contributed by atoms with Crippen molar-refractivity contribution in [2.75, 3.05) is 13.2 Å². The fourth-order valence-corrected chi connectivity index (χ4v) is 1.34. The molecule has 0 fully saturated rings. The number of ether oxygens (including phenoxy) is 1. The highest BCUT2D eigenvalue weighted by molar-refractivity contribution is 5.09. The molecule has 0 amide bonds. The highest BCUT2D eigenvalue weighted by Crippen LogP contribution is 2.24. The van der Waals surface area contributed by atoms with Crippen LogP contribution in [0.15, 0.2) is 11.8 Å². The van der Waals surface area contributed by atoms with Crippen molar-refractivity contribution in [3.8, 4) is 0 Å². The van der Waals surface area contributed by atoms with E-state index in [2.05, 4.69) is 0 Å². The zero-order chi connectivity index (χ0) is 9.03. The Kier molecular flexibility index (Phi) is 3.12. The summed E-state index contributed by atoms with van der Waals surface area (Å²) in [6.07, 6.45) is 4.55. The summed E-state index contributed by atoms with van der Waals surface area (Å²) >= 11 is 0. The van der Waals surface area contributed by atoms with E-state index in [9.17, 15) is 5.11 Å². The maximum atomic E-state index is 9.87. The summed E-state index contributed by atoms with van der Waals surface area (Å²) in [5.41, 5.74) is 4.51. The number of allylic oxidation sites excluding steroid dienone is 1. The third-order valence-electron chi connectivity index (χ3n) is 2.10. The topological polar surface area (TPSA) is 55.5 Å². The maximum Gasteiger partial charge on any atom is 0.123 e. The fourth-order valence-electron chi connectivity index (χ4n) is 1.34. The van der Waals surface area contributed by atoms with E-state index in [1.807, 2.05) is 6.08 Å². The van der Waals surface area contributed by atoms with Crippen LogP contribution in [0.1, 0.15) is 26.2 Å². The smallest absolute Gasteiger partial charge is 0.123 e. The largest absolute Gasteiger partial charge is 0.495 e. The number of rotatable bonds is 3. The molecule has 0 aromatic carbocycles. The van der Waals surface area contributed by atoms with Gasteiger partial charge in [0.15, 0.2) is 0 Å². The normalized spacial score (nSPS) is 22.4. The second-order valence-corrected chi connectivity index (χ2v) is 3.37. The highest BCUT2D eigenvalue weighted by atomic mass is 16.5. The molecule has 0 spiro atoms. The summed E-state index contributed by atoms with van der Waals surface area (Å²) in [5.74, 6) is 0.694. The molecule has 0 radical (unpaired) electrons. The van der Waals surface area contributed by atoms with Gasteiger partial charge < -0.3 is 15.6 Å². The predicted molar refractivity (Wildman–Crippen MR) is 47.6 cm³/mol. The molecule has 1 aliphatic rings. The Morgan fingerprint density at radius 2 is 2.50 bits per heavy atom. The van der Waals surface area contributed by atoms with Crippen LogP contribution in [0.3, 0.4) is 0 Å². The molecule has 0 aliphatic carbocycles. The number of hydrogen-bond donors (Lipinski definition) is 2. The minimum Gasteiger partial charge on any atom is -0.495 e. The molecule has 12 heavy (non-hydrogen) atoms. The van der Waals surface area contributed by atoms with Gasteiger partial charge in [0.2, 0.25) is 0 Å². The van der Waals surface area contributed by atoms with Gasteiger partial charge in [0.1, 0.15) is 11.4 Å². The van der Waals surface area contributed by atoms with Gasteiger partial charge in [-0.25, -0.2) is 0 Å². The fraction of sp³-hybridized carbons (Fsp3) is 0.778. The third-order valence-corrected chi connectivity index (χ3v) is 2.10. The number of hydrogen-bond acceptors (Lipinski definition) is 3. The first-order chi connectivity index (χ1) is 5.67. The quantitative estimate of drug-likeness (QED) is 0.659. The molecule has 1 rings (SSSR count). The predicted octanol–water partition coefficient (Wildman–Crippen LogP) is 0.781. The van der Waals surface area contributed by atoms with Crippen LogP contribution >= 0.6 is 0 Å². The van der Waals surface area contributed by atoms with Gasteiger partial charge >= 0.3 is 0 Å². The molecule has 1 unspecified atom stereocenters. The Bertz CT molecular complexity index is 175. The van der Waals surface area contributed by atoms with E-state index in [1.165, 1.54) is 0 Å². The highest BCUT2D eigenvalue weighted by Gasteiger charge is 2.27. The standard InChI is InChI=1S/C9H17NO2/c1-9(11,5-6-10)8-4-2-3-7-12-8/h4,11H,2-3,5-7,10H2,1H3. The Morgan fingerprint density at radius 3 is 3.00 bits per heavy atom. The van der Waals surface area contributed by atoms with Gasteiger partial charge in [0, 0.05) is 0 Å². The van der Waals surface area contributed by atoms with Gasteiger partial charge in [0.25, 0.3) is 0 Å². The molecule has 0 aromatic rings. The van der Waals surface area contributed by atoms with Gasteiger partial charge in [-0.1, -0.05) is 0 Å². The van der Waals surface area contributed by atoms with Gasteiger partial charge in [-0.3, -0.25) is 0 Å². The number of nitrogens with two attached hydrogens (primary N) is 1. The van der Waals surface area contributed by atoms with E-state index in [-0.39, 0.29) is 0 Å². The lowest BCUT2D eigenvalue weighted by molar-refractivity contribution is 0.0138. The second-order valence-electron chi connectivity index (χ2n) is 3.37. The van der Waals surface area contributed by atoms with Crippen LogP contribution in [-0.2, 0) is 4.74 Å². The summed E-state index contributed by atoms with van der Waals surface area (Å²) < 4.78 is 5.35. The Hall–Kier alpha value is -0.540. The van der Waals surface area contributed by atoms with Crippen molar-refractivity contribution in [1.29, 1.82) is 0 Å². The Morgan fingerprint density at radius 1 is 1.75 bits per heavy atom. The molecule has 3 heteroatoms. The second kappa shape index (κ2) is 3.92.